The van der Waals surface area contributed by atoms with Crippen LogP contribution in [0.1, 0.15) is 316 Å². The van der Waals surface area contributed by atoms with Gasteiger partial charge in [-0.25, -0.2) is 0 Å². The third-order valence-electron chi connectivity index (χ3n) is 14.5. The Morgan fingerprint density at radius 2 is 0.587 bits per heavy atom. The van der Waals surface area contributed by atoms with E-state index in [4.69, 9.17) is 0 Å². The standard InChI is InChI=1S/C71H125NO3/c1-3-5-7-9-11-13-15-17-19-21-23-25-27-29-31-33-35-37-38-40-42-44-46-48-50-52-54-56-58-60-62-64-66-70(74)69(68-73)72-71(75)67-65-63-61-59-57-55-53-51-49-47-45-43-41-39-36-34-32-30-28-26-24-22-20-18-16-14-12-10-8-6-4-2/h6,8,12,14,18,20,24,26,30,32,36,39,43,45,49,51,55,57,69-70,73-74H,3-5,7,9-11,13,15-17,19,21-23,25,27-29,31,33-35,37-38,40-42,44,46-48,50,52-54,56,58-68H2,1-2H3,(H,72,75)/b8-6-,14-12-,20-18-,26-24-,32-30-,39-36-,45-43-,51-49-,57-55-. The average molecular weight is 1040 g/mol. The smallest absolute Gasteiger partial charge is 0.220 e. The largest absolute Gasteiger partial charge is 0.394 e. The molecule has 0 spiro atoms. The molecule has 0 fully saturated rings. The maximum atomic E-state index is 12.5. The van der Waals surface area contributed by atoms with Crippen molar-refractivity contribution in [2.75, 3.05) is 6.61 Å². The Morgan fingerprint density at radius 3 is 0.867 bits per heavy atom. The van der Waals surface area contributed by atoms with Gasteiger partial charge in [-0.2, -0.15) is 0 Å². The molecule has 0 bridgehead atoms. The molecule has 1 amide bonds. The van der Waals surface area contributed by atoms with Gasteiger partial charge in [0.15, 0.2) is 0 Å². The number of aliphatic hydroxyl groups excluding tert-OH is 2. The van der Waals surface area contributed by atoms with E-state index in [0.29, 0.717) is 12.8 Å². The van der Waals surface area contributed by atoms with Crippen LogP contribution in [0.15, 0.2) is 109 Å². The molecule has 3 N–H and O–H groups in total. The Bertz CT molecular complexity index is 1410. The van der Waals surface area contributed by atoms with Crippen LogP contribution in [0.4, 0.5) is 0 Å². The number of hydrogen-bond acceptors (Lipinski definition) is 3. The molecule has 4 heteroatoms. The fourth-order valence-corrected chi connectivity index (χ4v) is 9.65. The summed E-state index contributed by atoms with van der Waals surface area (Å²) >= 11 is 0. The molecular formula is C71H125NO3. The van der Waals surface area contributed by atoms with Gasteiger partial charge in [0.05, 0.1) is 18.8 Å². The van der Waals surface area contributed by atoms with Crippen LogP contribution in [0.3, 0.4) is 0 Å². The van der Waals surface area contributed by atoms with Gasteiger partial charge in [-0.3, -0.25) is 4.79 Å². The van der Waals surface area contributed by atoms with E-state index in [1.54, 1.807) is 0 Å². The summed E-state index contributed by atoms with van der Waals surface area (Å²) in [7, 11) is 0. The quantitative estimate of drug-likeness (QED) is 0.0420. The fourth-order valence-electron chi connectivity index (χ4n) is 9.65. The van der Waals surface area contributed by atoms with Gasteiger partial charge in [-0.15, -0.1) is 0 Å². The van der Waals surface area contributed by atoms with Crippen molar-refractivity contribution in [1.29, 1.82) is 0 Å². The van der Waals surface area contributed by atoms with Crippen molar-refractivity contribution in [2.24, 2.45) is 0 Å². The Morgan fingerprint density at radius 1 is 0.333 bits per heavy atom. The predicted octanol–water partition coefficient (Wildman–Crippen LogP) is 22.2. The summed E-state index contributed by atoms with van der Waals surface area (Å²) in [5.74, 6) is -0.0637. The van der Waals surface area contributed by atoms with Gasteiger partial charge < -0.3 is 15.5 Å². The topological polar surface area (TPSA) is 69.6 Å². The third-order valence-corrected chi connectivity index (χ3v) is 14.5. The molecule has 0 saturated carbocycles. The fraction of sp³-hybridized carbons (Fsp3) is 0.732. The van der Waals surface area contributed by atoms with Crippen LogP contribution in [-0.2, 0) is 4.79 Å². The zero-order valence-corrected chi connectivity index (χ0v) is 49.8. The lowest BCUT2D eigenvalue weighted by Gasteiger charge is -2.22. The number of aliphatic hydroxyl groups is 2. The molecule has 2 unspecified atom stereocenters. The molecule has 0 heterocycles. The molecule has 0 rings (SSSR count). The highest BCUT2D eigenvalue weighted by atomic mass is 16.3. The Hall–Kier alpha value is -2.95. The first-order valence-corrected chi connectivity index (χ1v) is 32.6. The van der Waals surface area contributed by atoms with Crippen LogP contribution in [0, 0.1) is 0 Å². The summed E-state index contributed by atoms with van der Waals surface area (Å²) in [6, 6.07) is -0.565. The number of carbonyl (C=O) groups excluding carboxylic acids is 1. The lowest BCUT2D eigenvalue weighted by Crippen LogP contribution is -2.45. The highest BCUT2D eigenvalue weighted by Crippen LogP contribution is 2.18. The summed E-state index contributed by atoms with van der Waals surface area (Å²) < 4.78 is 0. The summed E-state index contributed by atoms with van der Waals surface area (Å²) in [6.45, 7) is 4.25. The minimum Gasteiger partial charge on any atom is -0.394 e. The molecule has 0 aromatic rings. The molecule has 0 aromatic heterocycles. The van der Waals surface area contributed by atoms with E-state index in [2.05, 4.69) is 129 Å². The number of unbranched alkanes of at least 4 members (excludes halogenated alkanes) is 34. The molecule has 0 radical (unpaired) electrons. The van der Waals surface area contributed by atoms with Crippen LogP contribution >= 0.6 is 0 Å². The second-order valence-electron chi connectivity index (χ2n) is 21.8. The van der Waals surface area contributed by atoms with Gasteiger partial charge in [-0.1, -0.05) is 335 Å². The zero-order valence-electron chi connectivity index (χ0n) is 49.8. The van der Waals surface area contributed by atoms with E-state index < -0.39 is 12.1 Å². The lowest BCUT2D eigenvalue weighted by molar-refractivity contribution is -0.123. The van der Waals surface area contributed by atoms with E-state index >= 15 is 0 Å². The van der Waals surface area contributed by atoms with Crippen molar-refractivity contribution in [2.45, 2.75) is 328 Å². The van der Waals surface area contributed by atoms with E-state index in [1.165, 1.54) is 193 Å². The molecule has 0 aliphatic rings. The Balaban J connectivity index is 3.55. The maximum Gasteiger partial charge on any atom is 0.220 e. The van der Waals surface area contributed by atoms with Crippen LogP contribution in [0.2, 0.25) is 0 Å². The van der Waals surface area contributed by atoms with E-state index in [1.807, 2.05) is 0 Å². The summed E-state index contributed by atoms with van der Waals surface area (Å²) in [4.78, 5) is 12.5. The maximum absolute atomic E-state index is 12.5. The van der Waals surface area contributed by atoms with Crippen molar-refractivity contribution in [3.63, 3.8) is 0 Å². The highest BCUT2D eigenvalue weighted by molar-refractivity contribution is 5.76. The molecule has 432 valence electrons. The highest BCUT2D eigenvalue weighted by Gasteiger charge is 2.20. The van der Waals surface area contributed by atoms with E-state index in [-0.39, 0.29) is 12.5 Å². The van der Waals surface area contributed by atoms with Crippen molar-refractivity contribution < 1.29 is 15.0 Å². The van der Waals surface area contributed by atoms with Crippen LogP contribution < -0.4 is 5.32 Å². The second kappa shape index (κ2) is 65.3. The van der Waals surface area contributed by atoms with Crippen molar-refractivity contribution in [3.05, 3.63) is 109 Å². The monoisotopic (exact) mass is 1040 g/mol. The normalized spacial score (nSPS) is 13.5. The second-order valence-corrected chi connectivity index (χ2v) is 21.8. The number of allylic oxidation sites excluding steroid dienone is 18. The first-order valence-electron chi connectivity index (χ1n) is 32.6. The number of rotatable bonds is 59. The number of carbonyl (C=O) groups is 1. The lowest BCUT2D eigenvalue weighted by atomic mass is 10.0. The molecule has 75 heavy (non-hydrogen) atoms. The van der Waals surface area contributed by atoms with E-state index in [9.17, 15) is 15.0 Å². The van der Waals surface area contributed by atoms with Gasteiger partial charge in [0.1, 0.15) is 0 Å². The Labute approximate surface area is 467 Å². The minimum absolute atomic E-state index is 0.0637. The van der Waals surface area contributed by atoms with Gasteiger partial charge in [-0.05, 0) is 83.5 Å². The van der Waals surface area contributed by atoms with Crippen molar-refractivity contribution >= 4 is 5.91 Å². The Kier molecular flexibility index (Phi) is 62.8. The molecule has 2 atom stereocenters. The van der Waals surface area contributed by atoms with Gasteiger partial charge in [0.25, 0.3) is 0 Å². The van der Waals surface area contributed by atoms with Crippen LogP contribution in [0.25, 0.3) is 0 Å². The first-order chi connectivity index (χ1) is 37.2. The molecule has 0 aliphatic heterocycles. The molecule has 0 aliphatic carbocycles. The molecular weight excluding hydrogens is 915 g/mol. The number of nitrogens with one attached hydrogen (secondary N) is 1. The minimum atomic E-state index is -0.684. The molecule has 4 nitrogen and oxygen atoms in total. The molecule has 0 aromatic carbocycles. The van der Waals surface area contributed by atoms with Gasteiger partial charge in [0.2, 0.25) is 5.91 Å². The zero-order chi connectivity index (χ0) is 54.1. The van der Waals surface area contributed by atoms with E-state index in [0.717, 1.165) is 96.3 Å². The van der Waals surface area contributed by atoms with Crippen LogP contribution in [0.5, 0.6) is 0 Å². The molecule has 0 saturated heterocycles. The number of hydrogen-bond donors (Lipinski definition) is 3. The summed E-state index contributed by atoms with van der Waals surface area (Å²) in [6.07, 6.45) is 98.3. The van der Waals surface area contributed by atoms with Gasteiger partial charge >= 0.3 is 0 Å². The third kappa shape index (κ3) is 61.8. The number of amides is 1. The predicted molar refractivity (Wildman–Crippen MR) is 336 cm³/mol. The summed E-state index contributed by atoms with van der Waals surface area (Å²) in [5.41, 5.74) is 0. The van der Waals surface area contributed by atoms with Crippen LogP contribution in [-0.4, -0.2) is 34.9 Å². The average Bonchev–Trinajstić information content (AvgIpc) is 3.41. The SMILES string of the molecule is CC/C=C\C/C=C\C/C=C\C/C=C\C/C=C\C/C=C\C/C=C\C/C=C\C/C=C\CCCCCC(=O)NC(CO)C(O)CCCCCCCCCCCCCCCCCCCCCCCCCCCCCCCCCC. The first kappa shape index (κ1) is 72.0. The summed E-state index contributed by atoms with van der Waals surface area (Å²) in [5, 5.41) is 23.4. The van der Waals surface area contributed by atoms with Crippen molar-refractivity contribution in [1.82, 2.24) is 5.32 Å². The van der Waals surface area contributed by atoms with Crippen molar-refractivity contribution in [3.8, 4) is 0 Å². The van der Waals surface area contributed by atoms with Gasteiger partial charge in [0, 0.05) is 6.42 Å².